The molecule has 0 radical (unpaired) electrons. The second-order valence-corrected chi connectivity index (χ2v) is 7.06. The van der Waals surface area contributed by atoms with E-state index in [1.54, 1.807) is 6.20 Å². The SMILES string of the molecule is Cc1cc(C(=O)N2CCCC(C)C2CO)c(C)n1Cc1ccccn1. The van der Waals surface area contributed by atoms with Gasteiger partial charge in [0.05, 0.1) is 30.5 Å². The molecule has 0 bridgehead atoms. The Labute approximate surface area is 149 Å². The van der Waals surface area contributed by atoms with Crippen molar-refractivity contribution >= 4 is 5.91 Å². The number of aliphatic hydroxyl groups is 1. The number of likely N-dealkylation sites (tertiary alicyclic amines) is 1. The van der Waals surface area contributed by atoms with Crippen LogP contribution in [0.3, 0.4) is 0 Å². The van der Waals surface area contributed by atoms with Crippen LogP contribution < -0.4 is 0 Å². The largest absolute Gasteiger partial charge is 0.394 e. The Morgan fingerprint density at radius 2 is 2.16 bits per heavy atom. The molecule has 2 aromatic heterocycles. The summed E-state index contributed by atoms with van der Waals surface area (Å²) in [6.45, 7) is 7.54. The number of aromatic nitrogens is 2. The molecule has 1 N–H and O–H groups in total. The lowest BCUT2D eigenvalue weighted by atomic mass is 9.90. The molecule has 0 aliphatic carbocycles. The topological polar surface area (TPSA) is 58.4 Å². The van der Waals surface area contributed by atoms with Crippen LogP contribution in [-0.4, -0.2) is 44.7 Å². The summed E-state index contributed by atoms with van der Waals surface area (Å²) in [6.07, 6.45) is 3.85. The summed E-state index contributed by atoms with van der Waals surface area (Å²) < 4.78 is 2.14. The summed E-state index contributed by atoms with van der Waals surface area (Å²) >= 11 is 0. The highest BCUT2D eigenvalue weighted by molar-refractivity contribution is 5.96. The zero-order valence-electron chi connectivity index (χ0n) is 15.3. The Morgan fingerprint density at radius 3 is 2.84 bits per heavy atom. The summed E-state index contributed by atoms with van der Waals surface area (Å²) in [4.78, 5) is 19.4. The van der Waals surface area contributed by atoms with Crippen molar-refractivity contribution in [1.82, 2.24) is 14.5 Å². The molecule has 25 heavy (non-hydrogen) atoms. The third-order valence-electron chi connectivity index (χ3n) is 5.41. The minimum Gasteiger partial charge on any atom is -0.394 e. The van der Waals surface area contributed by atoms with E-state index in [9.17, 15) is 9.90 Å². The molecule has 0 saturated carbocycles. The molecule has 5 nitrogen and oxygen atoms in total. The number of aliphatic hydroxyl groups excluding tert-OH is 1. The number of pyridine rings is 1. The average molecular weight is 341 g/mol. The first-order valence-electron chi connectivity index (χ1n) is 9.01. The van der Waals surface area contributed by atoms with Crippen molar-refractivity contribution in [2.45, 2.75) is 46.2 Å². The summed E-state index contributed by atoms with van der Waals surface area (Å²) in [5.74, 6) is 0.366. The molecule has 2 unspecified atom stereocenters. The summed E-state index contributed by atoms with van der Waals surface area (Å²) in [7, 11) is 0. The highest BCUT2D eigenvalue weighted by Gasteiger charge is 2.33. The van der Waals surface area contributed by atoms with Crippen LogP contribution in [0.15, 0.2) is 30.5 Å². The van der Waals surface area contributed by atoms with Crippen LogP contribution in [0.2, 0.25) is 0 Å². The van der Waals surface area contributed by atoms with Gasteiger partial charge in [-0.25, -0.2) is 0 Å². The fourth-order valence-corrected chi connectivity index (χ4v) is 3.85. The van der Waals surface area contributed by atoms with Gasteiger partial charge in [0.2, 0.25) is 0 Å². The van der Waals surface area contributed by atoms with Crippen molar-refractivity contribution in [2.24, 2.45) is 5.92 Å². The normalized spacial score (nSPS) is 20.7. The molecule has 1 saturated heterocycles. The second-order valence-electron chi connectivity index (χ2n) is 7.06. The molecule has 3 rings (SSSR count). The molecule has 2 aromatic rings. The maximum absolute atomic E-state index is 13.1. The van der Waals surface area contributed by atoms with Crippen LogP contribution in [0.5, 0.6) is 0 Å². The van der Waals surface area contributed by atoms with E-state index in [-0.39, 0.29) is 18.6 Å². The van der Waals surface area contributed by atoms with E-state index in [1.807, 2.05) is 43.0 Å². The van der Waals surface area contributed by atoms with Gasteiger partial charge in [0.15, 0.2) is 0 Å². The predicted octanol–water partition coefficient (Wildman–Crippen LogP) is 2.78. The monoisotopic (exact) mass is 341 g/mol. The third-order valence-corrected chi connectivity index (χ3v) is 5.41. The standard InChI is InChI=1S/C20H27N3O2/c1-14-7-6-10-22(19(14)13-24)20(25)18-11-15(2)23(16(18)3)12-17-8-4-5-9-21-17/h4-5,8-9,11,14,19,24H,6-7,10,12-13H2,1-3H3. The number of carbonyl (C=O) groups is 1. The van der Waals surface area contributed by atoms with E-state index in [0.29, 0.717) is 12.5 Å². The van der Waals surface area contributed by atoms with Gasteiger partial charge in [-0.05, 0) is 50.8 Å². The molecular formula is C20H27N3O2. The number of hydrogen-bond donors (Lipinski definition) is 1. The van der Waals surface area contributed by atoms with Gasteiger partial charge in [0.1, 0.15) is 0 Å². The minimum atomic E-state index is -0.0832. The number of aryl methyl sites for hydroxylation is 1. The highest BCUT2D eigenvalue weighted by Crippen LogP contribution is 2.26. The Bertz CT molecular complexity index is 739. The molecule has 2 atom stereocenters. The lowest BCUT2D eigenvalue weighted by molar-refractivity contribution is 0.0357. The minimum absolute atomic E-state index is 0.0274. The quantitative estimate of drug-likeness (QED) is 0.930. The predicted molar refractivity (Wildman–Crippen MR) is 97.6 cm³/mol. The zero-order chi connectivity index (χ0) is 18.0. The van der Waals surface area contributed by atoms with Crippen LogP contribution >= 0.6 is 0 Å². The molecule has 1 fully saturated rings. The molecule has 134 valence electrons. The average Bonchev–Trinajstić information content (AvgIpc) is 2.90. The van der Waals surface area contributed by atoms with Gasteiger partial charge in [-0.2, -0.15) is 0 Å². The van der Waals surface area contributed by atoms with E-state index < -0.39 is 0 Å². The first-order valence-corrected chi connectivity index (χ1v) is 9.01. The van der Waals surface area contributed by atoms with Crippen molar-refractivity contribution in [3.8, 4) is 0 Å². The van der Waals surface area contributed by atoms with Gasteiger partial charge in [0, 0.05) is 24.1 Å². The number of carbonyl (C=O) groups excluding carboxylic acids is 1. The molecule has 1 amide bonds. The Balaban J connectivity index is 1.87. The molecular weight excluding hydrogens is 314 g/mol. The van der Waals surface area contributed by atoms with E-state index in [4.69, 9.17) is 0 Å². The molecule has 0 spiro atoms. The number of amides is 1. The van der Waals surface area contributed by atoms with Crippen molar-refractivity contribution in [3.05, 3.63) is 53.1 Å². The summed E-state index contributed by atoms with van der Waals surface area (Å²) in [5, 5.41) is 9.74. The molecule has 3 heterocycles. The fourth-order valence-electron chi connectivity index (χ4n) is 3.85. The number of nitrogens with zero attached hydrogens (tertiary/aromatic N) is 3. The molecule has 5 heteroatoms. The highest BCUT2D eigenvalue weighted by atomic mass is 16.3. The smallest absolute Gasteiger partial charge is 0.256 e. The van der Waals surface area contributed by atoms with Crippen molar-refractivity contribution in [3.63, 3.8) is 0 Å². The number of rotatable bonds is 4. The van der Waals surface area contributed by atoms with E-state index in [2.05, 4.69) is 16.5 Å². The second kappa shape index (κ2) is 7.40. The lowest BCUT2D eigenvalue weighted by Gasteiger charge is -2.39. The van der Waals surface area contributed by atoms with Gasteiger partial charge < -0.3 is 14.6 Å². The van der Waals surface area contributed by atoms with E-state index in [1.165, 1.54) is 0 Å². The van der Waals surface area contributed by atoms with Crippen LogP contribution in [0, 0.1) is 19.8 Å². The van der Waals surface area contributed by atoms with Crippen LogP contribution in [0.1, 0.15) is 47.2 Å². The Hall–Kier alpha value is -2.14. The van der Waals surface area contributed by atoms with Gasteiger partial charge in [-0.3, -0.25) is 9.78 Å². The molecule has 1 aliphatic rings. The van der Waals surface area contributed by atoms with Crippen molar-refractivity contribution in [2.75, 3.05) is 13.2 Å². The van der Waals surface area contributed by atoms with E-state index >= 15 is 0 Å². The summed E-state index contributed by atoms with van der Waals surface area (Å²) in [5.41, 5.74) is 3.73. The van der Waals surface area contributed by atoms with Crippen LogP contribution in [-0.2, 0) is 6.54 Å². The number of piperidine rings is 1. The van der Waals surface area contributed by atoms with Crippen LogP contribution in [0.4, 0.5) is 0 Å². The fraction of sp³-hybridized carbons (Fsp3) is 0.500. The maximum atomic E-state index is 13.1. The lowest BCUT2D eigenvalue weighted by Crippen LogP contribution is -2.49. The summed E-state index contributed by atoms with van der Waals surface area (Å²) in [6, 6.07) is 7.76. The zero-order valence-corrected chi connectivity index (χ0v) is 15.3. The molecule has 1 aliphatic heterocycles. The van der Waals surface area contributed by atoms with Crippen molar-refractivity contribution in [1.29, 1.82) is 0 Å². The van der Waals surface area contributed by atoms with Gasteiger partial charge in [-0.1, -0.05) is 13.0 Å². The van der Waals surface area contributed by atoms with Gasteiger partial charge in [-0.15, -0.1) is 0 Å². The number of hydrogen-bond acceptors (Lipinski definition) is 3. The first-order chi connectivity index (χ1) is 12.0. The first kappa shape index (κ1) is 17.7. The van der Waals surface area contributed by atoms with E-state index in [0.717, 1.165) is 42.0 Å². The van der Waals surface area contributed by atoms with Crippen molar-refractivity contribution < 1.29 is 9.90 Å². The van der Waals surface area contributed by atoms with Crippen LogP contribution in [0.25, 0.3) is 0 Å². The molecule has 0 aromatic carbocycles. The van der Waals surface area contributed by atoms with Gasteiger partial charge >= 0.3 is 0 Å². The third kappa shape index (κ3) is 3.47. The Kier molecular flexibility index (Phi) is 5.23. The van der Waals surface area contributed by atoms with Gasteiger partial charge in [0.25, 0.3) is 5.91 Å². The maximum Gasteiger partial charge on any atom is 0.256 e. The Morgan fingerprint density at radius 1 is 1.36 bits per heavy atom.